The lowest BCUT2D eigenvalue weighted by atomic mass is 9.87. The van der Waals surface area contributed by atoms with Gasteiger partial charge in [-0.15, -0.1) is 0 Å². The highest BCUT2D eigenvalue weighted by molar-refractivity contribution is 7.80. The quantitative estimate of drug-likeness (QED) is 0.554. The van der Waals surface area contributed by atoms with Gasteiger partial charge in [-0.05, 0) is 81.1 Å². The summed E-state index contributed by atoms with van der Waals surface area (Å²) in [5.74, 6) is 0.350. The number of halogens is 1. The molecule has 2 aliphatic heterocycles. The van der Waals surface area contributed by atoms with E-state index in [1.54, 1.807) is 12.1 Å². The summed E-state index contributed by atoms with van der Waals surface area (Å²) in [4.78, 5) is 9.17. The Morgan fingerprint density at radius 1 is 1.10 bits per heavy atom. The molecule has 5 rings (SSSR count). The molecule has 2 aliphatic rings. The lowest BCUT2D eigenvalue weighted by Crippen LogP contribution is -2.42. The Balaban J connectivity index is 1.22. The van der Waals surface area contributed by atoms with Crippen LogP contribution >= 0.6 is 12.2 Å². The lowest BCUT2D eigenvalue weighted by Gasteiger charge is -2.33. The van der Waals surface area contributed by atoms with Crippen molar-refractivity contribution in [3.63, 3.8) is 0 Å². The molecule has 3 aromatic rings. The highest BCUT2D eigenvalue weighted by Crippen LogP contribution is 2.42. The molecular weight excluding hydrogens is 393 g/mol. The number of likely N-dealkylation sites (tertiary alicyclic amines) is 1. The van der Waals surface area contributed by atoms with Crippen molar-refractivity contribution in [2.45, 2.75) is 38.0 Å². The fourth-order valence-corrected chi connectivity index (χ4v) is 5.49. The summed E-state index contributed by atoms with van der Waals surface area (Å²) in [5, 5.41) is 1.16. The molecule has 156 valence electrons. The molecule has 0 saturated carbocycles. The van der Waals surface area contributed by atoms with Gasteiger partial charge >= 0.3 is 0 Å². The zero-order valence-corrected chi connectivity index (χ0v) is 18.4. The summed E-state index contributed by atoms with van der Waals surface area (Å²) in [6.45, 7) is 8.60. The van der Waals surface area contributed by atoms with Crippen molar-refractivity contribution < 1.29 is 4.39 Å². The number of nitrogens with zero attached hydrogens (tertiary/aromatic N) is 2. The first-order valence-electron chi connectivity index (χ1n) is 10.9. The normalized spacial score (nSPS) is 19.6. The Hall–Kier alpha value is -2.24. The maximum atomic E-state index is 13.5. The number of aromatic amines is 1. The van der Waals surface area contributed by atoms with Crippen LogP contribution in [-0.2, 0) is 5.41 Å². The number of fused-ring (bicyclic) bond motifs is 2. The first-order chi connectivity index (χ1) is 14.4. The molecule has 0 amide bonds. The number of thiocarbonyl (C=S) groups is 1. The number of nitrogens with one attached hydrogen (secondary N) is 1. The van der Waals surface area contributed by atoms with Crippen molar-refractivity contribution in [3.05, 3.63) is 65.6 Å². The van der Waals surface area contributed by atoms with Crippen molar-refractivity contribution in [3.8, 4) is 0 Å². The Morgan fingerprint density at radius 2 is 1.87 bits per heavy atom. The molecule has 0 atom stereocenters. The smallest absolute Gasteiger partial charge is 0.125 e. The monoisotopic (exact) mass is 421 g/mol. The van der Waals surface area contributed by atoms with E-state index in [9.17, 15) is 4.39 Å². The van der Waals surface area contributed by atoms with Gasteiger partial charge in [-0.25, -0.2) is 4.39 Å². The Kier molecular flexibility index (Phi) is 4.91. The fraction of sp³-hybridized carbons (Fsp3) is 0.400. The van der Waals surface area contributed by atoms with Gasteiger partial charge in [0.15, 0.2) is 0 Å². The molecule has 5 heteroatoms. The van der Waals surface area contributed by atoms with Gasteiger partial charge in [-0.1, -0.05) is 30.4 Å². The molecule has 3 nitrogen and oxygen atoms in total. The second-order valence-corrected chi connectivity index (χ2v) is 9.54. The molecule has 1 aromatic heterocycles. The lowest BCUT2D eigenvalue weighted by molar-refractivity contribution is 0.218. The largest absolute Gasteiger partial charge is 0.361 e. The molecule has 0 aliphatic carbocycles. The van der Waals surface area contributed by atoms with Crippen LogP contribution in [-0.4, -0.2) is 41.1 Å². The second-order valence-electron chi connectivity index (χ2n) is 9.15. The van der Waals surface area contributed by atoms with Crippen molar-refractivity contribution in [2.75, 3.05) is 31.1 Å². The summed E-state index contributed by atoms with van der Waals surface area (Å²) in [6, 6.07) is 13.7. The van der Waals surface area contributed by atoms with E-state index in [4.69, 9.17) is 12.2 Å². The van der Waals surface area contributed by atoms with E-state index < -0.39 is 0 Å². The zero-order chi connectivity index (χ0) is 20.9. The minimum absolute atomic E-state index is 0.0757. The van der Waals surface area contributed by atoms with Gasteiger partial charge in [0, 0.05) is 41.3 Å². The van der Waals surface area contributed by atoms with Crippen molar-refractivity contribution in [2.24, 2.45) is 0 Å². The molecule has 0 unspecified atom stereocenters. The van der Waals surface area contributed by atoms with Gasteiger partial charge in [0.1, 0.15) is 5.82 Å². The van der Waals surface area contributed by atoms with Gasteiger partial charge in [0.05, 0.1) is 4.99 Å². The second kappa shape index (κ2) is 7.47. The third kappa shape index (κ3) is 3.25. The number of para-hydroxylation sites is 1. The number of benzene rings is 2. The van der Waals surface area contributed by atoms with Gasteiger partial charge in [0.25, 0.3) is 0 Å². The number of rotatable bonds is 4. The molecular formula is C25H28FN3S. The molecule has 1 fully saturated rings. The minimum atomic E-state index is -0.185. The van der Waals surface area contributed by atoms with E-state index in [0.717, 1.165) is 54.9 Å². The molecule has 1 N–H and O–H groups in total. The van der Waals surface area contributed by atoms with Crippen molar-refractivity contribution in [1.29, 1.82) is 0 Å². The predicted octanol–water partition coefficient (Wildman–Crippen LogP) is 5.61. The predicted molar refractivity (Wildman–Crippen MR) is 126 cm³/mol. The van der Waals surface area contributed by atoms with Gasteiger partial charge in [-0.2, -0.15) is 0 Å². The molecule has 0 spiro atoms. The Morgan fingerprint density at radius 3 is 2.67 bits per heavy atom. The van der Waals surface area contributed by atoms with Crippen molar-refractivity contribution >= 4 is 33.8 Å². The van der Waals surface area contributed by atoms with Crippen LogP contribution in [0.5, 0.6) is 0 Å². The van der Waals surface area contributed by atoms with Crippen LogP contribution in [0.15, 0.2) is 48.7 Å². The van der Waals surface area contributed by atoms with E-state index in [0.29, 0.717) is 5.92 Å². The number of H-pyrrole nitrogens is 1. The topological polar surface area (TPSA) is 22.3 Å². The van der Waals surface area contributed by atoms with Crippen LogP contribution in [0.1, 0.15) is 43.7 Å². The van der Waals surface area contributed by atoms with Crippen LogP contribution in [0.4, 0.5) is 10.1 Å². The van der Waals surface area contributed by atoms with Crippen LogP contribution in [0.3, 0.4) is 0 Å². The summed E-state index contributed by atoms with van der Waals surface area (Å²) in [5.41, 5.74) is 4.77. The summed E-state index contributed by atoms with van der Waals surface area (Å²) in [6.07, 6.45) is 4.35. The SMILES string of the molecule is CC1(C)C(=S)N(CCN2CCC(c3c[nH]c4cc(F)ccc34)CC2)c2ccccc21. The number of piperidine rings is 1. The standard InChI is InChI=1S/C25H28FN3S/c1-25(2)21-5-3-4-6-23(21)29(24(25)30)14-13-28-11-9-17(10-12-28)20-16-27-22-15-18(26)7-8-19(20)22/h3-8,15-17,27H,9-14H2,1-2H3. The third-order valence-corrected chi connectivity index (χ3v) is 7.72. The molecule has 0 radical (unpaired) electrons. The van der Waals surface area contributed by atoms with Crippen LogP contribution in [0.2, 0.25) is 0 Å². The number of hydrogen-bond acceptors (Lipinski definition) is 2. The fourth-order valence-electron chi connectivity index (χ4n) is 5.19. The molecule has 30 heavy (non-hydrogen) atoms. The van der Waals surface area contributed by atoms with E-state index >= 15 is 0 Å². The average Bonchev–Trinajstić information content (AvgIpc) is 3.24. The number of hydrogen-bond donors (Lipinski definition) is 1. The summed E-state index contributed by atoms with van der Waals surface area (Å²) >= 11 is 5.85. The summed E-state index contributed by atoms with van der Waals surface area (Å²) in [7, 11) is 0. The van der Waals surface area contributed by atoms with Gasteiger partial charge in [0.2, 0.25) is 0 Å². The highest BCUT2D eigenvalue weighted by Gasteiger charge is 2.40. The Labute approximate surface area is 182 Å². The van der Waals surface area contributed by atoms with E-state index in [-0.39, 0.29) is 11.2 Å². The molecule has 0 bridgehead atoms. The number of aromatic nitrogens is 1. The average molecular weight is 422 g/mol. The van der Waals surface area contributed by atoms with Crippen LogP contribution in [0.25, 0.3) is 10.9 Å². The first-order valence-corrected chi connectivity index (χ1v) is 11.3. The maximum Gasteiger partial charge on any atom is 0.125 e. The summed E-state index contributed by atoms with van der Waals surface area (Å²) < 4.78 is 13.5. The molecule has 3 heterocycles. The minimum Gasteiger partial charge on any atom is -0.361 e. The third-order valence-electron chi connectivity index (χ3n) is 6.99. The van der Waals surface area contributed by atoms with Crippen molar-refractivity contribution in [1.82, 2.24) is 9.88 Å². The van der Waals surface area contributed by atoms with Gasteiger partial charge in [-0.3, -0.25) is 0 Å². The Bertz CT molecular complexity index is 1090. The zero-order valence-electron chi connectivity index (χ0n) is 17.6. The first kappa shape index (κ1) is 19.7. The molecule has 2 aromatic carbocycles. The van der Waals surface area contributed by atoms with Crippen LogP contribution < -0.4 is 4.90 Å². The maximum absolute atomic E-state index is 13.5. The van der Waals surface area contributed by atoms with Crippen LogP contribution in [0, 0.1) is 5.82 Å². The molecule has 1 saturated heterocycles. The van der Waals surface area contributed by atoms with Gasteiger partial charge < -0.3 is 14.8 Å². The van der Waals surface area contributed by atoms with E-state index in [2.05, 4.69) is 59.1 Å². The highest BCUT2D eigenvalue weighted by atomic mass is 32.1. The van der Waals surface area contributed by atoms with E-state index in [1.807, 2.05) is 6.07 Å². The van der Waals surface area contributed by atoms with E-state index in [1.165, 1.54) is 16.8 Å². The number of anilines is 1.